The number of rotatable bonds is 8. The van der Waals surface area contributed by atoms with Crippen LogP contribution in [0.4, 0.5) is 5.69 Å². The van der Waals surface area contributed by atoms with Gasteiger partial charge in [-0.2, -0.15) is 0 Å². The number of imide groups is 1. The largest absolute Gasteiger partial charge is 0.493 e. The lowest BCUT2D eigenvalue weighted by Crippen LogP contribution is -2.46. The van der Waals surface area contributed by atoms with Gasteiger partial charge in [-0.1, -0.05) is 23.8 Å². The molecule has 0 bridgehead atoms. The van der Waals surface area contributed by atoms with Gasteiger partial charge in [0.05, 0.1) is 32.6 Å². The lowest BCUT2D eigenvalue weighted by Gasteiger charge is -2.27. The molecule has 1 aromatic heterocycles. The van der Waals surface area contributed by atoms with Gasteiger partial charge in [0.25, 0.3) is 11.8 Å². The van der Waals surface area contributed by atoms with Crippen LogP contribution in [0.25, 0.3) is 0 Å². The van der Waals surface area contributed by atoms with Crippen LogP contribution in [0.15, 0.2) is 65.3 Å². The van der Waals surface area contributed by atoms with Gasteiger partial charge < -0.3 is 18.8 Å². The molecule has 0 aliphatic carbocycles. The number of aryl methyl sites for hydroxylation is 1. The summed E-state index contributed by atoms with van der Waals surface area (Å²) in [5, 5.41) is 0. The fourth-order valence-electron chi connectivity index (χ4n) is 4.05. The quantitative estimate of drug-likeness (QED) is 0.475. The van der Waals surface area contributed by atoms with E-state index in [1.165, 1.54) is 11.2 Å². The molecule has 1 fully saturated rings. The Bertz CT molecular complexity index is 1190. The Morgan fingerprint density at radius 1 is 1.06 bits per heavy atom. The summed E-state index contributed by atoms with van der Waals surface area (Å²) in [6.07, 6.45) is 1.75. The average molecular weight is 463 g/mol. The zero-order valence-electron chi connectivity index (χ0n) is 19.3. The maximum Gasteiger partial charge on any atom is 0.290 e. The van der Waals surface area contributed by atoms with Crippen LogP contribution in [0.3, 0.4) is 0 Å². The zero-order chi connectivity index (χ0) is 24.2. The molecule has 1 atom stereocenters. The highest BCUT2D eigenvalue weighted by atomic mass is 16.5. The van der Waals surface area contributed by atoms with E-state index in [4.69, 9.17) is 13.9 Å². The predicted molar refractivity (Wildman–Crippen MR) is 125 cm³/mol. The van der Waals surface area contributed by atoms with Crippen LogP contribution >= 0.6 is 0 Å². The summed E-state index contributed by atoms with van der Waals surface area (Å²) in [4.78, 5) is 42.1. The lowest BCUT2D eigenvalue weighted by molar-refractivity contribution is -0.122. The Kier molecular flexibility index (Phi) is 6.67. The number of benzene rings is 2. The van der Waals surface area contributed by atoms with E-state index in [0.29, 0.717) is 23.6 Å². The fraction of sp³-hybridized carbons (Fsp3) is 0.269. The minimum atomic E-state index is -0.924. The van der Waals surface area contributed by atoms with Crippen molar-refractivity contribution in [1.29, 1.82) is 0 Å². The van der Waals surface area contributed by atoms with Crippen LogP contribution in [0, 0.1) is 6.92 Å². The normalized spacial score (nSPS) is 15.5. The highest BCUT2D eigenvalue weighted by Gasteiger charge is 2.44. The van der Waals surface area contributed by atoms with E-state index in [9.17, 15) is 14.4 Å². The van der Waals surface area contributed by atoms with E-state index >= 15 is 0 Å². The third kappa shape index (κ3) is 4.52. The van der Waals surface area contributed by atoms with E-state index < -0.39 is 17.9 Å². The molecular formula is C26H26N2O6. The Morgan fingerprint density at radius 2 is 1.79 bits per heavy atom. The standard InChI is InChI=1S/C26H26N2O6/c1-17-6-9-19(10-7-17)28-24(29)16-20(25(28)30)27(26(31)22-5-4-14-34-22)13-12-18-8-11-21(32-2)23(15-18)33-3/h4-11,14-15,20H,12-13,16H2,1-3H3. The maximum absolute atomic E-state index is 13.4. The minimum absolute atomic E-state index is 0.0922. The first-order chi connectivity index (χ1) is 16.4. The first-order valence-corrected chi connectivity index (χ1v) is 10.9. The molecule has 176 valence electrons. The first kappa shape index (κ1) is 23.1. The number of hydrogen-bond donors (Lipinski definition) is 0. The summed E-state index contributed by atoms with van der Waals surface area (Å²) in [5.41, 5.74) is 2.40. The molecule has 2 aromatic carbocycles. The Morgan fingerprint density at radius 3 is 2.44 bits per heavy atom. The Labute approximate surface area is 197 Å². The Balaban J connectivity index is 1.60. The van der Waals surface area contributed by atoms with E-state index in [0.717, 1.165) is 16.0 Å². The second-order valence-corrected chi connectivity index (χ2v) is 8.04. The number of furan rings is 1. The molecule has 3 amide bonds. The van der Waals surface area contributed by atoms with E-state index in [-0.39, 0.29) is 24.6 Å². The van der Waals surface area contributed by atoms with E-state index in [1.807, 2.05) is 31.2 Å². The molecule has 1 aliphatic heterocycles. The number of hydrogen-bond acceptors (Lipinski definition) is 6. The summed E-state index contributed by atoms with van der Waals surface area (Å²) in [5.74, 6) is 0.0636. The monoisotopic (exact) mass is 462 g/mol. The number of carbonyl (C=O) groups excluding carboxylic acids is 3. The van der Waals surface area contributed by atoms with Gasteiger partial charge in [-0.05, 0) is 55.3 Å². The zero-order valence-corrected chi connectivity index (χ0v) is 19.3. The molecule has 34 heavy (non-hydrogen) atoms. The van der Waals surface area contributed by atoms with Crippen LogP contribution in [-0.4, -0.2) is 49.4 Å². The van der Waals surface area contributed by atoms with Crippen molar-refractivity contribution in [3.63, 3.8) is 0 Å². The molecule has 0 radical (unpaired) electrons. The number of nitrogens with zero attached hydrogens (tertiary/aromatic N) is 2. The molecule has 0 spiro atoms. The van der Waals surface area contributed by atoms with E-state index in [1.54, 1.807) is 44.6 Å². The van der Waals surface area contributed by atoms with Gasteiger partial charge in [0.1, 0.15) is 6.04 Å². The van der Waals surface area contributed by atoms with Crippen LogP contribution in [0.2, 0.25) is 0 Å². The van der Waals surface area contributed by atoms with E-state index in [2.05, 4.69) is 0 Å². The predicted octanol–water partition coefficient (Wildman–Crippen LogP) is 3.62. The third-order valence-corrected chi connectivity index (χ3v) is 5.87. The third-order valence-electron chi connectivity index (χ3n) is 5.87. The van der Waals surface area contributed by atoms with Gasteiger partial charge in [-0.3, -0.25) is 14.4 Å². The molecule has 0 N–H and O–H groups in total. The number of methoxy groups -OCH3 is 2. The SMILES string of the molecule is COc1ccc(CCN(C(=O)c2ccco2)C2CC(=O)N(c3ccc(C)cc3)C2=O)cc1OC. The molecule has 1 unspecified atom stereocenters. The summed E-state index contributed by atoms with van der Waals surface area (Å²) in [7, 11) is 3.11. The molecule has 1 saturated heterocycles. The fourth-order valence-corrected chi connectivity index (χ4v) is 4.05. The minimum Gasteiger partial charge on any atom is -0.493 e. The van der Waals surface area contributed by atoms with Crippen LogP contribution in [-0.2, 0) is 16.0 Å². The smallest absolute Gasteiger partial charge is 0.290 e. The molecule has 2 heterocycles. The highest BCUT2D eigenvalue weighted by molar-refractivity contribution is 6.23. The topological polar surface area (TPSA) is 89.3 Å². The van der Waals surface area contributed by atoms with Crippen LogP contribution in [0.1, 0.15) is 28.1 Å². The van der Waals surface area contributed by atoms with Crippen molar-refractivity contribution >= 4 is 23.4 Å². The first-order valence-electron chi connectivity index (χ1n) is 10.9. The number of carbonyl (C=O) groups is 3. The van der Waals surface area contributed by atoms with Gasteiger partial charge in [-0.25, -0.2) is 4.90 Å². The average Bonchev–Trinajstić information content (AvgIpc) is 3.48. The van der Waals surface area contributed by atoms with Gasteiger partial charge in [0, 0.05) is 6.54 Å². The molecule has 4 rings (SSSR count). The molecule has 8 nitrogen and oxygen atoms in total. The van der Waals surface area contributed by atoms with Crippen molar-refractivity contribution in [3.8, 4) is 11.5 Å². The van der Waals surface area contributed by atoms with Crippen molar-refractivity contribution in [2.45, 2.75) is 25.8 Å². The number of ether oxygens (including phenoxy) is 2. The molecule has 1 aliphatic rings. The number of amides is 3. The van der Waals surface area contributed by atoms with Crippen molar-refractivity contribution < 1.29 is 28.3 Å². The molecule has 0 saturated carbocycles. The summed E-state index contributed by atoms with van der Waals surface area (Å²) >= 11 is 0. The van der Waals surface area contributed by atoms with Gasteiger partial charge in [-0.15, -0.1) is 0 Å². The second-order valence-electron chi connectivity index (χ2n) is 8.04. The lowest BCUT2D eigenvalue weighted by atomic mass is 10.1. The molecule has 8 heteroatoms. The van der Waals surface area contributed by atoms with Crippen molar-refractivity contribution in [1.82, 2.24) is 4.90 Å². The van der Waals surface area contributed by atoms with Gasteiger partial charge >= 0.3 is 0 Å². The van der Waals surface area contributed by atoms with Gasteiger partial charge in [0.2, 0.25) is 5.91 Å². The van der Waals surface area contributed by atoms with Gasteiger partial charge in [0.15, 0.2) is 17.3 Å². The molecular weight excluding hydrogens is 436 g/mol. The van der Waals surface area contributed by atoms with Crippen LogP contribution in [0.5, 0.6) is 11.5 Å². The maximum atomic E-state index is 13.4. The van der Waals surface area contributed by atoms with Crippen molar-refractivity contribution in [2.75, 3.05) is 25.7 Å². The second kappa shape index (κ2) is 9.82. The molecule has 3 aromatic rings. The van der Waals surface area contributed by atoms with Crippen molar-refractivity contribution in [3.05, 3.63) is 77.7 Å². The summed E-state index contributed by atoms with van der Waals surface area (Å²) < 4.78 is 16.0. The van der Waals surface area contributed by atoms with Crippen LogP contribution < -0.4 is 14.4 Å². The summed E-state index contributed by atoms with van der Waals surface area (Å²) in [6.45, 7) is 2.14. The Hall–Kier alpha value is -4.07. The highest BCUT2D eigenvalue weighted by Crippen LogP contribution is 2.30. The number of anilines is 1. The van der Waals surface area contributed by atoms with Crippen molar-refractivity contribution in [2.24, 2.45) is 0 Å². The summed E-state index contributed by atoms with van der Waals surface area (Å²) in [6, 6.07) is 14.9.